The molecule has 7 heteroatoms. The molecule has 0 saturated heterocycles. The molecule has 0 rings (SSSR count). The minimum Gasteiger partial charge on any atom is -0.395 e. The van der Waals surface area contributed by atoms with Gasteiger partial charge in [0.2, 0.25) is 0 Å². The third kappa shape index (κ3) is 9.34. The number of hydrogen-bond acceptors (Lipinski definition) is 4. The third-order valence-corrected chi connectivity index (χ3v) is 2.25. The number of rotatable bonds is 9. The number of alkyl halides is 3. The van der Waals surface area contributed by atoms with Crippen molar-refractivity contribution < 1.29 is 23.0 Å². The van der Waals surface area contributed by atoms with Crippen LogP contribution in [-0.4, -0.2) is 61.7 Å². The van der Waals surface area contributed by atoms with Crippen LogP contribution in [0.25, 0.3) is 0 Å². The summed E-state index contributed by atoms with van der Waals surface area (Å²) in [5, 5.41) is 8.69. The predicted octanol–water partition coefficient (Wildman–Crippen LogP) is 0.597. The normalized spacial score (nSPS) is 14.3. The maximum absolute atomic E-state index is 12.2. The van der Waals surface area contributed by atoms with E-state index in [0.717, 1.165) is 4.90 Å². The van der Waals surface area contributed by atoms with E-state index in [0.29, 0.717) is 13.0 Å². The molecule has 0 amide bonds. The smallest absolute Gasteiger partial charge is 0.395 e. The minimum absolute atomic E-state index is 0.00290. The summed E-state index contributed by atoms with van der Waals surface area (Å²) in [5.41, 5.74) is 5.43. The lowest BCUT2D eigenvalue weighted by atomic mass is 10.2. The van der Waals surface area contributed by atoms with Crippen molar-refractivity contribution in [1.29, 1.82) is 0 Å². The number of aliphatic hydroxyl groups is 1. The number of hydrogen-bond donors (Lipinski definition) is 2. The summed E-state index contributed by atoms with van der Waals surface area (Å²) in [6, 6.07) is 0. The molecule has 0 heterocycles. The number of ether oxygens (including phenoxy) is 1. The van der Waals surface area contributed by atoms with Gasteiger partial charge in [0.1, 0.15) is 0 Å². The van der Waals surface area contributed by atoms with Gasteiger partial charge in [-0.15, -0.1) is 0 Å². The fourth-order valence-electron chi connectivity index (χ4n) is 1.50. The number of nitrogens with two attached hydrogens (primary N) is 1. The van der Waals surface area contributed by atoms with Crippen LogP contribution in [0.3, 0.4) is 0 Å². The first-order valence-corrected chi connectivity index (χ1v) is 5.64. The molecule has 0 aromatic rings. The van der Waals surface area contributed by atoms with Gasteiger partial charge in [-0.1, -0.05) is 0 Å². The van der Waals surface area contributed by atoms with Crippen LogP contribution in [0.4, 0.5) is 13.2 Å². The summed E-state index contributed by atoms with van der Waals surface area (Å²) in [7, 11) is 0. The Labute approximate surface area is 99.5 Å². The van der Waals surface area contributed by atoms with Gasteiger partial charge in [-0.3, -0.25) is 4.90 Å². The molecule has 17 heavy (non-hydrogen) atoms. The molecule has 104 valence electrons. The second-order valence-corrected chi connectivity index (χ2v) is 3.72. The molecule has 0 aliphatic carbocycles. The number of aliphatic hydroxyl groups excluding tert-OH is 1. The molecule has 1 unspecified atom stereocenters. The molecule has 0 fully saturated rings. The zero-order valence-electron chi connectivity index (χ0n) is 10.0. The molecule has 0 saturated carbocycles. The van der Waals surface area contributed by atoms with Gasteiger partial charge in [-0.25, -0.2) is 0 Å². The van der Waals surface area contributed by atoms with Gasteiger partial charge in [0.25, 0.3) is 0 Å². The predicted molar refractivity (Wildman–Crippen MR) is 58.7 cm³/mol. The Morgan fingerprint density at radius 3 is 2.41 bits per heavy atom. The van der Waals surface area contributed by atoms with E-state index < -0.39 is 12.7 Å². The van der Waals surface area contributed by atoms with Gasteiger partial charge in [0.05, 0.1) is 19.3 Å². The van der Waals surface area contributed by atoms with Crippen molar-refractivity contribution in [1.82, 2.24) is 4.90 Å². The van der Waals surface area contributed by atoms with Crippen LogP contribution in [0.15, 0.2) is 0 Å². The Balaban J connectivity index is 4.06. The molecule has 0 bridgehead atoms. The molecular formula is C10H21F3N2O2. The second-order valence-electron chi connectivity index (χ2n) is 3.72. The first kappa shape index (κ1) is 16.6. The first-order chi connectivity index (χ1) is 7.92. The summed E-state index contributed by atoms with van der Waals surface area (Å²) in [6.07, 6.45) is -4.05. The summed E-state index contributed by atoms with van der Waals surface area (Å²) in [6.45, 7) is 1.48. The SMILES string of the molecule is CCOC(CN)CCN(CCO)CC(F)(F)F. The van der Waals surface area contributed by atoms with Gasteiger partial charge < -0.3 is 15.6 Å². The van der Waals surface area contributed by atoms with Gasteiger partial charge >= 0.3 is 6.18 Å². The molecule has 0 aliphatic rings. The standard InChI is InChI=1S/C10H21F3N2O2/c1-2-17-9(7-14)3-4-15(5-6-16)8-10(11,12)13/h9,16H,2-8,14H2,1H3. The van der Waals surface area contributed by atoms with Crippen molar-refractivity contribution in [2.24, 2.45) is 5.73 Å². The fourth-order valence-corrected chi connectivity index (χ4v) is 1.50. The molecule has 0 aromatic carbocycles. The lowest BCUT2D eigenvalue weighted by molar-refractivity contribution is -0.147. The molecule has 0 aliphatic heterocycles. The highest BCUT2D eigenvalue weighted by atomic mass is 19.4. The zero-order valence-corrected chi connectivity index (χ0v) is 10.0. The molecule has 0 aromatic heterocycles. The van der Waals surface area contributed by atoms with E-state index in [1.54, 1.807) is 0 Å². The quantitative estimate of drug-likeness (QED) is 0.636. The van der Waals surface area contributed by atoms with Gasteiger partial charge in [-0.05, 0) is 13.3 Å². The van der Waals surface area contributed by atoms with E-state index >= 15 is 0 Å². The van der Waals surface area contributed by atoms with Crippen LogP contribution in [0.5, 0.6) is 0 Å². The maximum Gasteiger partial charge on any atom is 0.401 e. The summed E-state index contributed by atoms with van der Waals surface area (Å²) in [5.74, 6) is 0. The topological polar surface area (TPSA) is 58.7 Å². The molecule has 0 radical (unpaired) electrons. The van der Waals surface area contributed by atoms with Crippen molar-refractivity contribution in [2.75, 3.05) is 39.4 Å². The second kappa shape index (κ2) is 8.68. The van der Waals surface area contributed by atoms with Crippen molar-refractivity contribution >= 4 is 0 Å². The average Bonchev–Trinajstić information content (AvgIpc) is 2.22. The van der Waals surface area contributed by atoms with E-state index in [1.807, 2.05) is 6.92 Å². The summed E-state index contributed by atoms with van der Waals surface area (Å²) >= 11 is 0. The van der Waals surface area contributed by atoms with Crippen LogP contribution >= 0.6 is 0 Å². The van der Waals surface area contributed by atoms with Crippen molar-refractivity contribution in [2.45, 2.75) is 25.6 Å². The van der Waals surface area contributed by atoms with Gasteiger partial charge in [0, 0.05) is 26.2 Å². The van der Waals surface area contributed by atoms with E-state index in [4.69, 9.17) is 15.6 Å². The van der Waals surface area contributed by atoms with Crippen LogP contribution in [0.2, 0.25) is 0 Å². The van der Waals surface area contributed by atoms with Crippen LogP contribution in [-0.2, 0) is 4.74 Å². The summed E-state index contributed by atoms with van der Waals surface area (Å²) in [4.78, 5) is 1.15. The van der Waals surface area contributed by atoms with Crippen molar-refractivity contribution in [3.8, 4) is 0 Å². The Morgan fingerprint density at radius 2 is 2.00 bits per heavy atom. The third-order valence-electron chi connectivity index (χ3n) is 2.25. The summed E-state index contributed by atoms with van der Waals surface area (Å²) < 4.78 is 41.9. The lowest BCUT2D eigenvalue weighted by Crippen LogP contribution is -2.39. The van der Waals surface area contributed by atoms with E-state index in [1.165, 1.54) is 0 Å². The van der Waals surface area contributed by atoms with E-state index in [9.17, 15) is 13.2 Å². The highest BCUT2D eigenvalue weighted by Crippen LogP contribution is 2.16. The minimum atomic E-state index is -4.25. The van der Waals surface area contributed by atoms with E-state index in [-0.39, 0.29) is 32.3 Å². The fraction of sp³-hybridized carbons (Fsp3) is 1.00. The van der Waals surface area contributed by atoms with Crippen LogP contribution in [0, 0.1) is 0 Å². The Morgan fingerprint density at radius 1 is 1.35 bits per heavy atom. The molecule has 4 nitrogen and oxygen atoms in total. The number of halogens is 3. The molecular weight excluding hydrogens is 237 g/mol. The lowest BCUT2D eigenvalue weighted by Gasteiger charge is -2.24. The largest absolute Gasteiger partial charge is 0.401 e. The maximum atomic E-state index is 12.2. The Kier molecular flexibility index (Phi) is 8.49. The van der Waals surface area contributed by atoms with Gasteiger partial charge in [-0.2, -0.15) is 13.2 Å². The monoisotopic (exact) mass is 258 g/mol. The first-order valence-electron chi connectivity index (χ1n) is 5.64. The van der Waals surface area contributed by atoms with Crippen LogP contribution < -0.4 is 5.73 Å². The number of nitrogens with zero attached hydrogens (tertiary/aromatic N) is 1. The Hall–Kier alpha value is -0.370. The molecule has 1 atom stereocenters. The van der Waals surface area contributed by atoms with Gasteiger partial charge in [0.15, 0.2) is 0 Å². The van der Waals surface area contributed by atoms with Crippen molar-refractivity contribution in [3.05, 3.63) is 0 Å². The molecule has 0 spiro atoms. The highest BCUT2D eigenvalue weighted by molar-refractivity contribution is 4.67. The van der Waals surface area contributed by atoms with Crippen molar-refractivity contribution in [3.63, 3.8) is 0 Å². The molecule has 3 N–H and O–H groups in total. The highest BCUT2D eigenvalue weighted by Gasteiger charge is 2.30. The zero-order chi connectivity index (χ0) is 13.3. The average molecular weight is 258 g/mol. The Bertz CT molecular complexity index is 191. The van der Waals surface area contributed by atoms with Crippen LogP contribution in [0.1, 0.15) is 13.3 Å². The van der Waals surface area contributed by atoms with E-state index in [2.05, 4.69) is 0 Å².